The summed E-state index contributed by atoms with van der Waals surface area (Å²) in [5.41, 5.74) is -1.61. The second-order valence-electron chi connectivity index (χ2n) is 22.1. The predicted molar refractivity (Wildman–Crippen MR) is 313 cm³/mol. The van der Waals surface area contributed by atoms with Gasteiger partial charge < -0.3 is 64.5 Å². The van der Waals surface area contributed by atoms with Gasteiger partial charge in [0.2, 0.25) is 9.05 Å². The first-order chi connectivity index (χ1) is 38.1. The van der Waals surface area contributed by atoms with E-state index < -0.39 is 126 Å². The Balaban J connectivity index is 0.000000379. The van der Waals surface area contributed by atoms with Crippen LogP contribution in [0.15, 0.2) is 111 Å². The van der Waals surface area contributed by atoms with Crippen LogP contribution in [0.4, 0.5) is 0 Å². The van der Waals surface area contributed by atoms with Gasteiger partial charge in [-0.1, -0.05) is 120 Å². The summed E-state index contributed by atoms with van der Waals surface area (Å²) in [5.74, 6) is -0.683. The van der Waals surface area contributed by atoms with E-state index in [1.165, 1.54) is 6.08 Å². The number of aliphatic hydroxyl groups excluding tert-OH is 4. The molecule has 8 aliphatic heterocycles. The molecule has 0 aromatic heterocycles. The zero-order valence-corrected chi connectivity index (χ0v) is 54.7. The molecule has 4 N–H and O–H groups in total. The first-order valence-electron chi connectivity index (χ1n) is 26.9. The second-order valence-corrected chi connectivity index (χ2v) is 28.4. The van der Waals surface area contributed by atoms with Crippen LogP contribution in [0.2, 0.25) is 0 Å². The maximum atomic E-state index is 11.6. The quantitative estimate of drug-likeness (QED) is 0.109. The summed E-state index contributed by atoms with van der Waals surface area (Å²) in [4.78, 5) is 0. The summed E-state index contributed by atoms with van der Waals surface area (Å²) in [7, 11) is -5.95. The Labute approximate surface area is 526 Å². The molecule has 21 nitrogen and oxygen atoms in total. The number of ether oxygens (including phenoxy) is 9. The third-order valence-electron chi connectivity index (χ3n) is 15.8. The summed E-state index contributed by atoms with van der Waals surface area (Å²) in [6, 6.07) is 19.4. The van der Waals surface area contributed by atoms with Crippen molar-refractivity contribution in [3.05, 3.63) is 122 Å². The van der Waals surface area contributed by atoms with E-state index in [4.69, 9.17) is 51.0 Å². The number of fused-ring (bicyclic) bond motifs is 5. The van der Waals surface area contributed by atoms with E-state index in [1.54, 1.807) is 39.0 Å². The molecule has 0 saturated carbocycles. The van der Waals surface area contributed by atoms with Gasteiger partial charge in [0.25, 0.3) is 20.2 Å². The maximum absolute atomic E-state index is 11.6. The number of hydrogen-bond acceptors (Lipinski definition) is 21. The first-order valence-corrected chi connectivity index (χ1v) is 33.3. The van der Waals surface area contributed by atoms with Gasteiger partial charge in [-0.15, -0.1) is 26.3 Å². The Kier molecular flexibility index (Phi) is 28.2. The largest absolute Gasteiger partial charge is 1.00 e. The van der Waals surface area contributed by atoms with E-state index >= 15 is 0 Å². The fraction of sp³-hybridized carbons (Fsp3) is 0.655. The monoisotopic (exact) mass is 1280 g/mol. The van der Waals surface area contributed by atoms with Gasteiger partial charge in [-0.25, -0.2) is 8.42 Å². The van der Waals surface area contributed by atoms with Crippen molar-refractivity contribution in [3.63, 3.8) is 0 Å². The average molecular weight is 1280 g/mol. The van der Waals surface area contributed by atoms with E-state index in [2.05, 4.69) is 37.0 Å². The van der Waals surface area contributed by atoms with Crippen molar-refractivity contribution < 1.29 is 128 Å². The van der Waals surface area contributed by atoms with Crippen molar-refractivity contribution >= 4 is 40.0 Å². The minimum absolute atomic E-state index is 0. The molecule has 22 atom stereocenters. The Morgan fingerprint density at radius 2 is 0.940 bits per heavy atom. The molecule has 2 bridgehead atoms. The van der Waals surface area contributed by atoms with Gasteiger partial charge >= 0.3 is 29.6 Å². The summed E-state index contributed by atoms with van der Waals surface area (Å²) >= 11 is 0. The first kappa shape index (κ1) is 76.2. The SMILES string of the molecule is C.C=CC1(CO)OC(C)C(OS(C)(=O)=O)C(C)C1O.C=CC12COC(C(C)O1)C(C)C2O.C=CC12COC(c3ccccc3)OC1C(C)C(O)C(C)O2.C=CC12COC(c3ccccc3)OC1C(C)C(OS(C)(=O)=O)C(C)O2.CS(=O)(=O)Cl.[H-].[Na+]. The minimum Gasteiger partial charge on any atom is -1.00 e. The number of hydrogen-bond donors (Lipinski definition) is 4. The van der Waals surface area contributed by atoms with Crippen molar-refractivity contribution in [1.82, 2.24) is 0 Å². The maximum Gasteiger partial charge on any atom is 1.00 e. The molecule has 10 rings (SSSR count). The van der Waals surface area contributed by atoms with Crippen molar-refractivity contribution in [3.8, 4) is 0 Å². The van der Waals surface area contributed by atoms with E-state index in [9.17, 15) is 45.7 Å². The zero-order chi connectivity index (χ0) is 61.6. The number of halogens is 1. The van der Waals surface area contributed by atoms with Crippen LogP contribution in [0.5, 0.6) is 0 Å². The molecule has 8 aliphatic rings. The molecule has 0 spiro atoms. The van der Waals surface area contributed by atoms with Gasteiger partial charge in [-0.05, 0) is 27.7 Å². The van der Waals surface area contributed by atoms with E-state index in [0.717, 1.165) is 29.9 Å². The van der Waals surface area contributed by atoms with Gasteiger partial charge in [0.05, 0.1) is 94.0 Å². The average Bonchev–Trinajstić information content (AvgIpc) is 1.95. The second kappa shape index (κ2) is 31.1. The van der Waals surface area contributed by atoms with Crippen LogP contribution in [0.25, 0.3) is 0 Å². The van der Waals surface area contributed by atoms with Crippen molar-refractivity contribution in [2.24, 2.45) is 23.7 Å². The van der Waals surface area contributed by atoms with Gasteiger partial charge in [0, 0.05) is 45.5 Å². The molecule has 0 aliphatic carbocycles. The Bertz CT molecular complexity index is 2790. The Morgan fingerprint density at radius 3 is 1.33 bits per heavy atom. The molecule has 8 heterocycles. The molecule has 0 radical (unpaired) electrons. The predicted octanol–water partition coefficient (Wildman–Crippen LogP) is 3.19. The molecule has 26 heteroatoms. The smallest absolute Gasteiger partial charge is 1.00 e. The molecule has 474 valence electrons. The molecule has 0 amide bonds. The number of benzene rings is 2. The van der Waals surface area contributed by atoms with Crippen molar-refractivity contribution in [2.45, 2.75) is 171 Å². The number of rotatable bonds is 11. The molecule has 22 unspecified atom stereocenters. The summed E-state index contributed by atoms with van der Waals surface area (Å²) in [6.07, 6.45) is 2.84. The third-order valence-corrected chi connectivity index (χ3v) is 16.9. The van der Waals surface area contributed by atoms with Gasteiger partial charge in [-0.3, -0.25) is 8.37 Å². The summed E-state index contributed by atoms with van der Waals surface area (Å²) < 4.78 is 128. The van der Waals surface area contributed by atoms with E-state index in [0.29, 0.717) is 13.2 Å². The Morgan fingerprint density at radius 1 is 0.560 bits per heavy atom. The topological polar surface area (TPSA) is 285 Å². The van der Waals surface area contributed by atoms with Crippen LogP contribution in [-0.2, 0) is 80.3 Å². The third kappa shape index (κ3) is 18.3. The molecule has 84 heavy (non-hydrogen) atoms. The summed E-state index contributed by atoms with van der Waals surface area (Å²) in [5, 5.41) is 39.7. The standard InChI is InChI=1S/C18H24O6S.C17H22O4.C11H20O6S.C10H16O3.CH3ClO2S.CH4.Na.H/c1-5-18-11-21-17(14-9-7-6-8-10-14)22-16(18)12(2)15(13(3)23-18)24-25(4,19)20;1-4-17-10-19-16(13-8-6-5-7-9-13)20-15(17)11(2)14(18)12(3)21-17;1-5-11(6-12)10(13)7(2)9(8(3)16-11)17-18(4,14)15;1-4-10-5-12-8(7(3)13-10)6(2)9(10)11;1-5(2,3)4;;;/h5-10,12-13,15-17H,1,11H2,2-4H3;4-9,11-12,14-16,18H,1,10H2,2-3H3;5,7-10,12-13H,1,6H2,2-4H3;4,6-9,11H,1,5H2,2-3H3;1H3;1H4;;/q;;;;;;+1;-1. The fourth-order valence-corrected chi connectivity index (χ4v) is 13.0. The fourth-order valence-electron chi connectivity index (χ4n) is 11.6. The van der Waals surface area contributed by atoms with Crippen LogP contribution >= 0.6 is 10.7 Å². The van der Waals surface area contributed by atoms with Crippen LogP contribution in [0, 0.1) is 23.7 Å². The van der Waals surface area contributed by atoms with E-state index in [1.807, 2.05) is 95.3 Å². The van der Waals surface area contributed by atoms with Gasteiger partial charge in [-0.2, -0.15) is 16.8 Å². The molecular formula is C58H90ClNaO21S3. The van der Waals surface area contributed by atoms with Crippen molar-refractivity contribution in [1.29, 1.82) is 0 Å². The molecular weight excluding hydrogens is 1190 g/mol. The molecule has 8 saturated heterocycles. The van der Waals surface area contributed by atoms with Gasteiger partial charge in [0.1, 0.15) is 46.8 Å². The van der Waals surface area contributed by atoms with Crippen LogP contribution in [0.3, 0.4) is 0 Å². The number of aliphatic hydroxyl groups is 4. The van der Waals surface area contributed by atoms with Crippen molar-refractivity contribution in [2.75, 3.05) is 45.2 Å². The molecule has 8 fully saturated rings. The van der Waals surface area contributed by atoms with Crippen LogP contribution < -0.4 is 29.6 Å². The Hall–Kier alpha value is -2.06. The van der Waals surface area contributed by atoms with Crippen LogP contribution in [-0.4, -0.2) is 187 Å². The zero-order valence-electron chi connectivity index (χ0n) is 50.5. The normalized spacial score (nSPS) is 40.4. The van der Waals surface area contributed by atoms with Gasteiger partial charge in [0.15, 0.2) is 12.6 Å². The minimum atomic E-state index is -3.64. The molecule has 2 aromatic carbocycles. The van der Waals surface area contributed by atoms with E-state index in [-0.39, 0.29) is 87.2 Å². The van der Waals surface area contributed by atoms with Crippen LogP contribution in [0.1, 0.15) is 88.0 Å². The summed E-state index contributed by atoms with van der Waals surface area (Å²) in [6.45, 7) is 30.5. The molecule has 2 aromatic rings.